The average molecular weight is 673 g/mol. The Labute approximate surface area is 301 Å². The summed E-state index contributed by atoms with van der Waals surface area (Å²) in [5, 5.41) is 0. The van der Waals surface area contributed by atoms with Crippen LogP contribution in [-0.4, -0.2) is 42.8 Å². The molecule has 8 bridgehead atoms. The van der Waals surface area contributed by atoms with E-state index in [2.05, 4.69) is 52.0 Å². The fraction of sp³-hybridized carbons (Fsp3) is 0.0909. The van der Waals surface area contributed by atoms with E-state index < -0.39 is 0 Å². The molecule has 0 radical (unpaired) electrons. The summed E-state index contributed by atoms with van der Waals surface area (Å²) in [4.78, 5) is 40.7. The van der Waals surface area contributed by atoms with Crippen LogP contribution in [0.15, 0.2) is 165 Å². The van der Waals surface area contributed by atoms with Crippen LogP contribution in [0.25, 0.3) is 22.3 Å². The second-order valence-corrected chi connectivity index (χ2v) is 13.0. The van der Waals surface area contributed by atoms with Crippen molar-refractivity contribution in [2.45, 2.75) is 27.7 Å². The third-order valence-corrected chi connectivity index (χ3v) is 9.59. The number of fused-ring (bicyclic) bond motifs is 4. The van der Waals surface area contributed by atoms with E-state index in [0.29, 0.717) is 0 Å². The lowest BCUT2D eigenvalue weighted by molar-refractivity contribution is 1.21. The quantitative estimate of drug-likeness (QED) is 0.217. The summed E-state index contributed by atoms with van der Waals surface area (Å²) in [5.41, 5.74) is 16.8. The fourth-order valence-corrected chi connectivity index (χ4v) is 7.05. The van der Waals surface area contributed by atoms with Gasteiger partial charge in [0, 0.05) is 24.8 Å². The first-order chi connectivity index (χ1) is 25.4. The van der Waals surface area contributed by atoms with Crippen LogP contribution >= 0.6 is 0 Å². The van der Waals surface area contributed by atoms with Crippen molar-refractivity contribution in [3.63, 3.8) is 0 Å². The summed E-state index contributed by atoms with van der Waals surface area (Å²) < 4.78 is 0. The molecule has 8 nitrogen and oxygen atoms in total. The van der Waals surface area contributed by atoms with Gasteiger partial charge in [0.25, 0.3) is 0 Å². The Morgan fingerprint density at radius 2 is 0.538 bits per heavy atom. The van der Waals surface area contributed by atoms with Crippen molar-refractivity contribution in [2.24, 2.45) is 20.0 Å². The van der Waals surface area contributed by atoms with E-state index >= 15 is 0 Å². The van der Waals surface area contributed by atoms with Gasteiger partial charge in [-0.25, -0.2) is 20.0 Å². The maximum atomic E-state index is 5.31. The first kappa shape index (κ1) is 31.2. The van der Waals surface area contributed by atoms with Crippen LogP contribution in [0.4, 0.5) is 0 Å². The zero-order valence-electron chi connectivity index (χ0n) is 29.1. The van der Waals surface area contributed by atoms with Crippen LogP contribution < -0.4 is 0 Å². The van der Waals surface area contributed by atoms with E-state index in [-0.39, 0.29) is 0 Å². The van der Waals surface area contributed by atoms with Gasteiger partial charge in [-0.1, -0.05) is 24.3 Å². The Balaban J connectivity index is 1.40. The van der Waals surface area contributed by atoms with E-state index in [0.717, 1.165) is 113 Å². The van der Waals surface area contributed by atoms with Gasteiger partial charge in [-0.05, 0) is 123 Å². The molecule has 0 saturated carbocycles. The van der Waals surface area contributed by atoms with Crippen molar-refractivity contribution in [3.05, 3.63) is 190 Å². The predicted molar refractivity (Wildman–Crippen MR) is 210 cm³/mol. The highest BCUT2D eigenvalue weighted by Gasteiger charge is 2.30. The molecule has 0 amide bonds. The topological polar surface area (TPSA) is 101 Å². The molecular formula is C44H32N8. The molecule has 4 aromatic rings. The Hall–Kier alpha value is -6.80. The molecule has 0 unspecified atom stereocenters. The van der Waals surface area contributed by atoms with Crippen LogP contribution in [0.5, 0.6) is 0 Å². The molecule has 0 spiro atoms. The van der Waals surface area contributed by atoms with E-state index in [1.807, 2.05) is 97.7 Å². The number of rotatable bonds is 4. The van der Waals surface area contributed by atoms with Gasteiger partial charge in [0.15, 0.2) is 0 Å². The molecule has 9 heterocycles. The number of allylic oxidation sites excluding steroid dienone is 12. The van der Waals surface area contributed by atoms with E-state index in [9.17, 15) is 0 Å². The molecule has 9 rings (SSSR count). The molecule has 0 atom stereocenters. The third-order valence-electron chi connectivity index (χ3n) is 9.59. The molecular weight excluding hydrogens is 641 g/mol. The van der Waals surface area contributed by atoms with Gasteiger partial charge in [0.05, 0.1) is 90.7 Å². The van der Waals surface area contributed by atoms with Gasteiger partial charge >= 0.3 is 0 Å². The number of hydrogen-bond donors (Lipinski definition) is 0. The maximum Gasteiger partial charge on any atom is 0.0774 e. The minimum atomic E-state index is 0.757. The van der Waals surface area contributed by atoms with Gasteiger partial charge in [0.1, 0.15) is 0 Å². The predicted octanol–water partition coefficient (Wildman–Crippen LogP) is 8.50. The highest BCUT2D eigenvalue weighted by atomic mass is 14.9. The summed E-state index contributed by atoms with van der Waals surface area (Å²) in [6.07, 6.45) is 23.6. The molecule has 0 fully saturated rings. The second kappa shape index (κ2) is 12.5. The Bertz CT molecular complexity index is 2280. The summed E-state index contributed by atoms with van der Waals surface area (Å²) in [7, 11) is 0. The van der Waals surface area contributed by atoms with Crippen LogP contribution in [0, 0.1) is 27.7 Å². The zero-order valence-corrected chi connectivity index (χ0v) is 29.1. The largest absolute Gasteiger partial charge is 0.256 e. The van der Waals surface area contributed by atoms with Gasteiger partial charge in [-0.3, -0.25) is 19.9 Å². The lowest BCUT2D eigenvalue weighted by atomic mass is 9.99. The number of aromatic nitrogens is 4. The van der Waals surface area contributed by atoms with Crippen LogP contribution in [0.3, 0.4) is 0 Å². The van der Waals surface area contributed by atoms with Crippen LogP contribution in [-0.2, 0) is 0 Å². The van der Waals surface area contributed by atoms with E-state index in [1.54, 1.807) is 0 Å². The standard InChI is InChI=1S/C44H32N8/c1-25-9-5-21-45-41(25)37-29-13-15-31(49-29)38(42-26(2)10-6-22-46-42)33-17-19-35(51-33)40(44-28(4)12-8-24-48-44)36-20-18-34(52-36)39(32-16-14-30(37)50-32)43-27(3)11-7-23-47-43/h5-24H,1-4H3. The van der Waals surface area contributed by atoms with Crippen molar-refractivity contribution in [3.8, 4) is 0 Å². The number of pyridine rings is 4. The van der Waals surface area contributed by atoms with Crippen molar-refractivity contribution in [1.82, 2.24) is 19.9 Å². The first-order valence-electron chi connectivity index (χ1n) is 17.2. The van der Waals surface area contributed by atoms with Gasteiger partial charge in [0.2, 0.25) is 0 Å². The molecule has 5 aliphatic heterocycles. The fourth-order valence-electron chi connectivity index (χ4n) is 7.05. The molecule has 5 aliphatic rings. The Kier molecular flexibility index (Phi) is 7.51. The van der Waals surface area contributed by atoms with Gasteiger partial charge < -0.3 is 0 Å². The lowest BCUT2D eigenvalue weighted by Crippen LogP contribution is -2.07. The van der Waals surface area contributed by atoms with Crippen molar-refractivity contribution in [1.29, 1.82) is 0 Å². The monoisotopic (exact) mass is 672 g/mol. The summed E-state index contributed by atoms with van der Waals surface area (Å²) in [6, 6.07) is 16.0. The first-order valence-corrected chi connectivity index (χ1v) is 17.2. The highest BCUT2D eigenvalue weighted by molar-refractivity contribution is 6.39. The summed E-state index contributed by atoms with van der Waals surface area (Å²) in [5.74, 6) is 0. The SMILES string of the molecule is Cc1cccnc1C1=C2C=CC(=N2)C(c2ncccc2C)=C2C=CC(=N2)C(c2ncccc2C)=C2C=CC(=N2)C(c2ncccc2C)=C2C=CC1=N2. The lowest BCUT2D eigenvalue weighted by Gasteiger charge is -2.14. The van der Waals surface area contributed by atoms with Crippen molar-refractivity contribution >= 4 is 45.1 Å². The molecule has 0 N–H and O–H groups in total. The molecule has 248 valence electrons. The number of nitrogens with zero attached hydrogens (tertiary/aromatic N) is 8. The Morgan fingerprint density at radius 1 is 0.308 bits per heavy atom. The van der Waals surface area contributed by atoms with Crippen LogP contribution in [0.2, 0.25) is 0 Å². The highest BCUT2D eigenvalue weighted by Crippen LogP contribution is 2.39. The average Bonchev–Trinajstić information content (AvgIpc) is 3.99. The molecule has 0 aliphatic carbocycles. The summed E-state index contributed by atoms with van der Waals surface area (Å²) >= 11 is 0. The van der Waals surface area contributed by atoms with Crippen molar-refractivity contribution in [2.75, 3.05) is 0 Å². The number of aliphatic imine (C=N–C) groups is 4. The van der Waals surface area contributed by atoms with E-state index in [1.165, 1.54) is 0 Å². The second-order valence-electron chi connectivity index (χ2n) is 13.0. The zero-order chi connectivity index (χ0) is 35.3. The van der Waals surface area contributed by atoms with E-state index in [4.69, 9.17) is 39.9 Å². The smallest absolute Gasteiger partial charge is 0.0774 e. The number of hydrogen-bond acceptors (Lipinski definition) is 8. The molecule has 52 heavy (non-hydrogen) atoms. The normalized spacial score (nSPS) is 17.5. The van der Waals surface area contributed by atoms with Gasteiger partial charge in [-0.15, -0.1) is 0 Å². The van der Waals surface area contributed by atoms with Crippen LogP contribution in [0.1, 0.15) is 45.0 Å². The Morgan fingerprint density at radius 3 is 0.750 bits per heavy atom. The number of aryl methyl sites for hydroxylation is 4. The molecule has 0 saturated heterocycles. The molecule has 4 aromatic heterocycles. The minimum absolute atomic E-state index is 0.757. The molecule has 8 heteroatoms. The van der Waals surface area contributed by atoms with Gasteiger partial charge in [-0.2, -0.15) is 0 Å². The maximum absolute atomic E-state index is 5.31. The summed E-state index contributed by atoms with van der Waals surface area (Å²) in [6.45, 7) is 8.25. The minimum Gasteiger partial charge on any atom is -0.256 e. The van der Waals surface area contributed by atoms with Crippen molar-refractivity contribution < 1.29 is 0 Å². The molecule has 0 aromatic carbocycles. The third kappa shape index (κ3) is 5.24.